The van der Waals surface area contributed by atoms with Gasteiger partial charge in [0.15, 0.2) is 18.1 Å². The van der Waals surface area contributed by atoms with Gasteiger partial charge in [0, 0.05) is 14.1 Å². The zero-order valence-corrected chi connectivity index (χ0v) is 17.0. The minimum atomic E-state index is -0.803. The first kappa shape index (κ1) is 22.8. The van der Waals surface area contributed by atoms with Crippen molar-refractivity contribution >= 4 is 23.3 Å². The molecule has 0 saturated heterocycles. The highest BCUT2D eigenvalue weighted by Gasteiger charge is 2.17. The molecule has 0 bridgehead atoms. The Bertz CT molecular complexity index is 871. The van der Waals surface area contributed by atoms with E-state index in [1.165, 1.54) is 25.3 Å². The van der Waals surface area contributed by atoms with Crippen molar-refractivity contribution in [2.24, 2.45) is 0 Å². The minimum absolute atomic E-state index is 0.0414. The van der Waals surface area contributed by atoms with E-state index in [2.05, 4.69) is 5.32 Å². The maximum Gasteiger partial charge on any atom is 0.340 e. The third-order valence-electron chi connectivity index (χ3n) is 3.99. The van der Waals surface area contributed by atoms with Crippen LogP contribution in [0.25, 0.3) is 0 Å². The van der Waals surface area contributed by atoms with Gasteiger partial charge in [-0.3, -0.25) is 10.0 Å². The zero-order valence-electron chi connectivity index (χ0n) is 17.0. The number of esters is 1. The summed E-state index contributed by atoms with van der Waals surface area (Å²) in [5, 5.41) is 22.3. The average molecular weight is 418 g/mol. The Labute approximate surface area is 174 Å². The molecular formula is C20H24N3O7-. The topological polar surface area (TPSA) is 124 Å². The number of carbonyl (C=O) groups excluding carboxylic acids is 2. The lowest BCUT2D eigenvalue weighted by Crippen LogP contribution is -2.32. The second-order valence-corrected chi connectivity index (χ2v) is 6.29. The van der Waals surface area contributed by atoms with Gasteiger partial charge in [0.1, 0.15) is 6.61 Å². The summed E-state index contributed by atoms with van der Waals surface area (Å²) in [5.41, 5.74) is 0.376. The van der Waals surface area contributed by atoms with Crippen LogP contribution < -0.4 is 24.9 Å². The van der Waals surface area contributed by atoms with Crippen molar-refractivity contribution in [2.45, 2.75) is 0 Å². The number of benzene rings is 2. The van der Waals surface area contributed by atoms with Gasteiger partial charge in [-0.05, 0) is 30.3 Å². The molecule has 2 N–H and O–H groups in total. The van der Waals surface area contributed by atoms with Crippen LogP contribution >= 0.6 is 0 Å². The highest BCUT2D eigenvalue weighted by atomic mass is 16.8. The van der Waals surface area contributed by atoms with E-state index >= 15 is 0 Å². The molecule has 0 atom stereocenters. The molecule has 0 fully saturated rings. The molecule has 0 aliphatic carbocycles. The maximum absolute atomic E-state index is 12.4. The first-order valence-corrected chi connectivity index (χ1v) is 9.00. The van der Waals surface area contributed by atoms with E-state index in [1.807, 2.05) is 6.07 Å². The van der Waals surface area contributed by atoms with Crippen LogP contribution in [-0.2, 0) is 9.53 Å². The summed E-state index contributed by atoms with van der Waals surface area (Å²) < 4.78 is 15.7. The second kappa shape index (κ2) is 10.9. The molecule has 2 aromatic carbocycles. The Morgan fingerprint density at radius 1 is 1.13 bits per heavy atom. The van der Waals surface area contributed by atoms with Gasteiger partial charge in [-0.2, -0.15) is 0 Å². The number of amides is 1. The Morgan fingerprint density at radius 3 is 2.47 bits per heavy atom. The summed E-state index contributed by atoms with van der Waals surface area (Å²) in [5.74, 6) is -0.186. The van der Waals surface area contributed by atoms with Crippen LogP contribution in [0.15, 0.2) is 42.5 Å². The lowest BCUT2D eigenvalue weighted by molar-refractivity contribution is -0.124. The van der Waals surface area contributed by atoms with Gasteiger partial charge in [0.2, 0.25) is 0 Å². The number of hydrogen-bond acceptors (Lipinski definition) is 9. The molecular weight excluding hydrogens is 394 g/mol. The van der Waals surface area contributed by atoms with Crippen LogP contribution in [0.1, 0.15) is 10.4 Å². The van der Waals surface area contributed by atoms with Crippen molar-refractivity contribution in [1.82, 2.24) is 5.32 Å². The number of nitrogens with zero attached hydrogens (tertiary/aromatic N) is 2. The number of rotatable bonds is 10. The minimum Gasteiger partial charge on any atom is -0.733 e. The van der Waals surface area contributed by atoms with Gasteiger partial charge in [0.25, 0.3) is 5.91 Å². The van der Waals surface area contributed by atoms with E-state index in [0.717, 1.165) is 0 Å². The smallest absolute Gasteiger partial charge is 0.340 e. The molecule has 1 amide bonds. The van der Waals surface area contributed by atoms with E-state index in [0.29, 0.717) is 17.2 Å². The fraction of sp³-hybridized carbons (Fsp3) is 0.300. The maximum atomic E-state index is 12.4. The van der Waals surface area contributed by atoms with Crippen LogP contribution in [0.2, 0.25) is 0 Å². The van der Waals surface area contributed by atoms with Crippen molar-refractivity contribution in [3.8, 4) is 11.5 Å². The summed E-state index contributed by atoms with van der Waals surface area (Å²) in [6.07, 6.45) is 0. The van der Waals surface area contributed by atoms with Gasteiger partial charge in [-0.15, -0.1) is 0 Å². The molecule has 30 heavy (non-hydrogen) atoms. The highest BCUT2D eigenvalue weighted by Crippen LogP contribution is 2.26. The average Bonchev–Trinajstić information content (AvgIpc) is 2.74. The number of ether oxygens (including phenoxy) is 3. The summed E-state index contributed by atoms with van der Waals surface area (Å²) in [6.45, 7) is -0.115. The molecule has 0 radical (unpaired) electrons. The van der Waals surface area contributed by atoms with E-state index < -0.39 is 18.5 Å². The molecule has 0 saturated carbocycles. The SMILES string of the molecule is COc1ccccc1OCCNC(=O)COC(=O)c1cc(N([O-])O)ccc1N(C)C. The van der Waals surface area contributed by atoms with Crippen LogP contribution in [0.4, 0.5) is 11.4 Å². The Morgan fingerprint density at radius 2 is 1.83 bits per heavy atom. The Balaban J connectivity index is 1.84. The fourth-order valence-corrected chi connectivity index (χ4v) is 2.55. The Kier molecular flexibility index (Phi) is 8.27. The molecule has 10 heteroatoms. The lowest BCUT2D eigenvalue weighted by atomic mass is 10.1. The quantitative estimate of drug-likeness (QED) is 0.338. The number of methoxy groups -OCH3 is 1. The van der Waals surface area contributed by atoms with Gasteiger partial charge >= 0.3 is 5.97 Å². The fourth-order valence-electron chi connectivity index (χ4n) is 2.55. The molecule has 0 aromatic heterocycles. The van der Waals surface area contributed by atoms with Crippen LogP contribution in [0.5, 0.6) is 11.5 Å². The van der Waals surface area contributed by atoms with E-state index in [1.54, 1.807) is 37.2 Å². The molecule has 0 aliphatic heterocycles. The van der Waals surface area contributed by atoms with Crippen LogP contribution in [0, 0.1) is 5.21 Å². The predicted molar refractivity (Wildman–Crippen MR) is 110 cm³/mol. The molecule has 0 spiro atoms. The summed E-state index contributed by atoms with van der Waals surface area (Å²) in [7, 11) is 4.94. The van der Waals surface area contributed by atoms with Crippen molar-refractivity contribution in [3.05, 3.63) is 53.2 Å². The molecule has 0 heterocycles. The van der Waals surface area contributed by atoms with E-state index in [-0.39, 0.29) is 29.6 Å². The Hall–Kier alpha value is -3.50. The summed E-state index contributed by atoms with van der Waals surface area (Å²) in [4.78, 5) is 25.9. The summed E-state index contributed by atoms with van der Waals surface area (Å²) >= 11 is 0. The van der Waals surface area contributed by atoms with Gasteiger partial charge in [0.05, 0.1) is 30.6 Å². The monoisotopic (exact) mass is 418 g/mol. The van der Waals surface area contributed by atoms with Crippen molar-refractivity contribution in [1.29, 1.82) is 0 Å². The normalized spacial score (nSPS) is 10.2. The third kappa shape index (κ3) is 6.26. The predicted octanol–water partition coefficient (Wildman–Crippen LogP) is 1.81. The first-order chi connectivity index (χ1) is 14.3. The van der Waals surface area contributed by atoms with E-state index in [9.17, 15) is 14.8 Å². The largest absolute Gasteiger partial charge is 0.733 e. The van der Waals surface area contributed by atoms with Crippen molar-refractivity contribution < 1.29 is 29.0 Å². The number of anilines is 2. The number of para-hydroxylation sites is 2. The number of nitrogens with one attached hydrogen (secondary N) is 1. The van der Waals surface area contributed by atoms with Gasteiger partial charge in [-0.1, -0.05) is 12.1 Å². The van der Waals surface area contributed by atoms with E-state index in [4.69, 9.17) is 19.4 Å². The molecule has 162 valence electrons. The summed E-state index contributed by atoms with van der Waals surface area (Å²) in [6, 6.07) is 11.1. The zero-order chi connectivity index (χ0) is 22.1. The molecule has 10 nitrogen and oxygen atoms in total. The molecule has 0 unspecified atom stereocenters. The molecule has 0 aliphatic rings. The van der Waals surface area contributed by atoms with Crippen molar-refractivity contribution in [3.63, 3.8) is 0 Å². The standard InChI is InChI=1S/C20H24N3O7/c1-22(2)16-9-8-14(23(26)27)12-15(16)20(25)30-13-19(24)21-10-11-29-18-7-5-4-6-17(18)28-3/h4-9,12,26H,10-11,13H2,1-3H3,(H,21,24)/q-1. The molecule has 2 aromatic rings. The van der Waals surface area contributed by atoms with Gasteiger partial charge in [-0.25, -0.2) is 4.79 Å². The lowest BCUT2D eigenvalue weighted by Gasteiger charge is -2.24. The van der Waals surface area contributed by atoms with Gasteiger partial charge < -0.3 is 34.9 Å². The number of hydrogen-bond donors (Lipinski definition) is 2. The first-order valence-electron chi connectivity index (χ1n) is 9.00. The molecule has 2 rings (SSSR count). The van der Waals surface area contributed by atoms with Crippen molar-refractivity contribution in [2.75, 3.05) is 51.1 Å². The highest BCUT2D eigenvalue weighted by molar-refractivity contribution is 5.98. The second-order valence-electron chi connectivity index (χ2n) is 6.29. The number of carbonyl (C=O) groups is 2. The van der Waals surface area contributed by atoms with Crippen LogP contribution in [0.3, 0.4) is 0 Å². The van der Waals surface area contributed by atoms with Crippen LogP contribution in [-0.4, -0.2) is 58.0 Å². The third-order valence-corrected chi connectivity index (χ3v) is 3.99.